The Labute approximate surface area is 113 Å². The molecule has 0 amide bonds. The van der Waals surface area contributed by atoms with Crippen LogP contribution in [0.1, 0.15) is 10.4 Å². The number of benzene rings is 1. The highest BCUT2D eigenvalue weighted by Crippen LogP contribution is 2.39. The number of carbonyl (C=O) groups is 2. The van der Waals surface area contributed by atoms with E-state index < -0.39 is 41.1 Å². The molecule has 116 valence electrons. The molecule has 0 saturated carbocycles. The van der Waals surface area contributed by atoms with Crippen LogP contribution >= 0.6 is 0 Å². The summed E-state index contributed by atoms with van der Waals surface area (Å²) in [6.45, 7) is 0. The fraction of sp³-hybridized carbons (Fsp3) is 0.273. The van der Waals surface area contributed by atoms with Crippen molar-refractivity contribution in [2.24, 2.45) is 0 Å². The van der Waals surface area contributed by atoms with E-state index in [9.17, 15) is 31.5 Å². The third kappa shape index (κ3) is 3.20. The number of carboxylic acids is 1. The van der Waals surface area contributed by atoms with Crippen molar-refractivity contribution in [3.63, 3.8) is 0 Å². The molecule has 0 unspecified atom stereocenters. The lowest BCUT2D eigenvalue weighted by Gasteiger charge is -2.19. The average molecular weight is 314 g/mol. The number of alkyl halides is 5. The lowest BCUT2D eigenvalue weighted by atomic mass is 10.2. The predicted octanol–water partition coefficient (Wildman–Crippen LogP) is 2.50. The molecule has 0 aromatic heterocycles. The van der Waals surface area contributed by atoms with E-state index in [2.05, 4.69) is 9.47 Å². The number of rotatable bonds is 4. The first-order chi connectivity index (χ1) is 9.52. The Balaban J connectivity index is 3.25. The first kappa shape index (κ1) is 16.7. The second kappa shape index (κ2) is 5.54. The maximum absolute atomic E-state index is 12.8. The Morgan fingerprint density at radius 2 is 1.71 bits per heavy atom. The quantitative estimate of drug-likeness (QED) is 0.525. The number of ether oxygens (including phenoxy) is 2. The highest BCUT2D eigenvalue weighted by atomic mass is 19.4. The van der Waals surface area contributed by atoms with Gasteiger partial charge in [-0.05, 0) is 12.1 Å². The van der Waals surface area contributed by atoms with Crippen LogP contribution in [0.25, 0.3) is 0 Å². The first-order valence-corrected chi connectivity index (χ1v) is 5.09. The molecule has 1 rings (SSSR count). The minimum absolute atomic E-state index is 0.485. The molecule has 0 spiro atoms. The molecule has 1 N–H and O–H groups in total. The first-order valence-electron chi connectivity index (χ1n) is 5.09. The van der Waals surface area contributed by atoms with Crippen molar-refractivity contribution in [3.8, 4) is 11.5 Å². The van der Waals surface area contributed by atoms with Gasteiger partial charge in [0.25, 0.3) is 0 Å². The molecule has 0 atom stereocenters. The molecule has 0 heterocycles. The van der Waals surface area contributed by atoms with Gasteiger partial charge in [0.05, 0.1) is 7.11 Å². The van der Waals surface area contributed by atoms with Crippen molar-refractivity contribution in [1.29, 1.82) is 0 Å². The van der Waals surface area contributed by atoms with Crippen molar-refractivity contribution in [1.82, 2.24) is 0 Å². The van der Waals surface area contributed by atoms with Gasteiger partial charge in [-0.25, -0.2) is 9.59 Å². The van der Waals surface area contributed by atoms with Gasteiger partial charge in [0, 0.05) is 0 Å². The van der Waals surface area contributed by atoms with Gasteiger partial charge in [-0.1, -0.05) is 6.07 Å². The van der Waals surface area contributed by atoms with Gasteiger partial charge >= 0.3 is 24.0 Å². The van der Waals surface area contributed by atoms with Crippen LogP contribution in [0.3, 0.4) is 0 Å². The third-order valence-corrected chi connectivity index (χ3v) is 2.24. The number of carbonyl (C=O) groups excluding carboxylic acids is 1. The van der Waals surface area contributed by atoms with Gasteiger partial charge < -0.3 is 14.6 Å². The van der Waals surface area contributed by atoms with Gasteiger partial charge in [-0.2, -0.15) is 22.0 Å². The minimum Gasteiger partial charge on any atom is -0.493 e. The fourth-order valence-corrected chi connectivity index (χ4v) is 1.22. The van der Waals surface area contributed by atoms with Crippen LogP contribution in [-0.2, 0) is 4.79 Å². The summed E-state index contributed by atoms with van der Waals surface area (Å²) in [6, 6.07) is 3.00. The number of carboxylic acid groups (broad SMARTS) is 1. The highest BCUT2D eigenvalue weighted by Gasteiger charge is 2.65. The summed E-state index contributed by atoms with van der Waals surface area (Å²) in [5, 5.41) is 8.80. The summed E-state index contributed by atoms with van der Waals surface area (Å²) in [5.74, 6) is -12.0. The second-order valence-corrected chi connectivity index (χ2v) is 3.60. The van der Waals surface area contributed by atoms with Crippen LogP contribution in [0.2, 0.25) is 0 Å². The van der Waals surface area contributed by atoms with Crippen LogP contribution < -0.4 is 9.47 Å². The molecule has 10 heteroatoms. The van der Waals surface area contributed by atoms with Crippen LogP contribution in [0.15, 0.2) is 18.2 Å². The molecule has 1 aromatic rings. The molecule has 0 aliphatic rings. The Kier molecular flexibility index (Phi) is 4.40. The van der Waals surface area contributed by atoms with E-state index in [1.165, 1.54) is 0 Å². The highest BCUT2D eigenvalue weighted by molar-refractivity contribution is 5.94. The normalized spacial score (nSPS) is 11.9. The van der Waals surface area contributed by atoms with Gasteiger partial charge in [0.15, 0.2) is 11.5 Å². The van der Waals surface area contributed by atoms with Crippen molar-refractivity contribution in [3.05, 3.63) is 23.8 Å². The third-order valence-electron chi connectivity index (χ3n) is 2.24. The van der Waals surface area contributed by atoms with Gasteiger partial charge in [0.2, 0.25) is 0 Å². The molecule has 0 aliphatic heterocycles. The van der Waals surface area contributed by atoms with Gasteiger partial charge in [-0.15, -0.1) is 0 Å². The van der Waals surface area contributed by atoms with Crippen molar-refractivity contribution in [2.75, 3.05) is 7.11 Å². The summed E-state index contributed by atoms with van der Waals surface area (Å²) in [6.07, 6.45) is -6.17. The molecule has 5 nitrogen and oxygen atoms in total. The number of para-hydroxylation sites is 1. The molecule has 0 aliphatic carbocycles. The topological polar surface area (TPSA) is 72.8 Å². The predicted molar refractivity (Wildman–Crippen MR) is 56.6 cm³/mol. The Hall–Kier alpha value is -2.39. The second-order valence-electron chi connectivity index (χ2n) is 3.60. The zero-order valence-electron chi connectivity index (χ0n) is 10.2. The van der Waals surface area contributed by atoms with E-state index in [0.29, 0.717) is 0 Å². The zero-order valence-corrected chi connectivity index (χ0v) is 10.2. The van der Waals surface area contributed by atoms with Gasteiger partial charge in [0.1, 0.15) is 5.56 Å². The fourth-order valence-electron chi connectivity index (χ4n) is 1.22. The molecular weight excluding hydrogens is 307 g/mol. The number of methoxy groups -OCH3 is 1. The van der Waals surface area contributed by atoms with E-state index in [-0.39, 0.29) is 0 Å². The van der Waals surface area contributed by atoms with E-state index in [1.54, 1.807) is 0 Å². The number of hydrogen-bond acceptors (Lipinski definition) is 4. The number of halogens is 5. The molecule has 0 radical (unpaired) electrons. The lowest BCUT2D eigenvalue weighted by Crippen LogP contribution is -2.46. The van der Waals surface area contributed by atoms with Crippen LogP contribution in [0.4, 0.5) is 22.0 Å². The smallest absolute Gasteiger partial charge is 0.465 e. The number of aromatic carboxylic acids is 1. The Morgan fingerprint density at radius 1 is 1.14 bits per heavy atom. The standard InChI is InChI=1S/C11H7F5O5/c1-20-6-4-2-3-5(8(17)18)7(6)21-9(19)10(12,13)11(14,15)16/h2-4H,1H3,(H,17,18). The van der Waals surface area contributed by atoms with E-state index in [4.69, 9.17) is 5.11 Å². The zero-order chi connectivity index (χ0) is 16.4. The summed E-state index contributed by atoms with van der Waals surface area (Å²) >= 11 is 0. The minimum atomic E-state index is -6.17. The van der Waals surface area contributed by atoms with E-state index >= 15 is 0 Å². The summed E-state index contributed by atoms with van der Waals surface area (Å²) in [4.78, 5) is 21.8. The largest absolute Gasteiger partial charge is 0.493 e. The Bertz CT molecular complexity index is 567. The van der Waals surface area contributed by atoms with Crippen LogP contribution in [0.5, 0.6) is 11.5 Å². The van der Waals surface area contributed by atoms with Crippen LogP contribution in [-0.4, -0.2) is 36.3 Å². The van der Waals surface area contributed by atoms with E-state index in [1.807, 2.05) is 0 Å². The Morgan fingerprint density at radius 3 is 2.14 bits per heavy atom. The summed E-state index contributed by atoms with van der Waals surface area (Å²) in [5.41, 5.74) is -0.805. The van der Waals surface area contributed by atoms with Crippen molar-refractivity contribution >= 4 is 11.9 Å². The molecule has 0 saturated heterocycles. The van der Waals surface area contributed by atoms with Crippen molar-refractivity contribution in [2.45, 2.75) is 12.1 Å². The molecule has 1 aromatic carbocycles. The van der Waals surface area contributed by atoms with Crippen molar-refractivity contribution < 1.29 is 46.1 Å². The lowest BCUT2D eigenvalue weighted by molar-refractivity contribution is -0.276. The molecule has 21 heavy (non-hydrogen) atoms. The average Bonchev–Trinajstić information content (AvgIpc) is 2.37. The molecule has 0 fully saturated rings. The van der Waals surface area contributed by atoms with Crippen LogP contribution in [0, 0.1) is 0 Å². The number of hydrogen-bond donors (Lipinski definition) is 1. The maximum atomic E-state index is 12.8. The molecule has 0 bridgehead atoms. The summed E-state index contributed by atoms with van der Waals surface area (Å²) < 4.78 is 70.1. The SMILES string of the molecule is COc1cccc(C(=O)O)c1OC(=O)C(F)(F)C(F)(F)F. The maximum Gasteiger partial charge on any atom is 0.465 e. The number of esters is 1. The monoisotopic (exact) mass is 314 g/mol. The van der Waals surface area contributed by atoms with E-state index in [0.717, 1.165) is 25.3 Å². The summed E-state index contributed by atoms with van der Waals surface area (Å²) in [7, 11) is 0.986. The molecular formula is C11H7F5O5. The van der Waals surface area contributed by atoms with Gasteiger partial charge in [-0.3, -0.25) is 0 Å².